The highest BCUT2D eigenvalue weighted by Crippen LogP contribution is 2.25. The first kappa shape index (κ1) is 18.3. The zero-order valence-electron chi connectivity index (χ0n) is 14.8. The topological polar surface area (TPSA) is 70.2 Å². The molecule has 2 rings (SSSR count). The van der Waals surface area contributed by atoms with E-state index in [9.17, 15) is 9.59 Å². The second-order valence-electron chi connectivity index (χ2n) is 6.91. The largest absolute Gasteiger partial charge is 0.359 e. The molecule has 1 fully saturated rings. The average molecular weight is 331 g/mol. The number of carbonyl (C=O) groups is 2. The van der Waals surface area contributed by atoms with E-state index in [1.807, 2.05) is 30.3 Å². The fourth-order valence-corrected chi connectivity index (χ4v) is 3.37. The number of hydrogen-bond donors (Lipinski definition) is 3. The lowest BCUT2D eigenvalue weighted by Gasteiger charge is -2.29. The first-order chi connectivity index (χ1) is 11.5. The van der Waals surface area contributed by atoms with E-state index in [0.717, 1.165) is 31.2 Å². The first-order valence-electron chi connectivity index (χ1n) is 8.84. The van der Waals surface area contributed by atoms with Crippen LogP contribution in [-0.2, 0) is 4.79 Å². The Kier molecular flexibility index (Phi) is 6.64. The maximum Gasteiger partial charge on any atom is 0.315 e. The molecule has 24 heavy (non-hydrogen) atoms. The lowest BCUT2D eigenvalue weighted by molar-refractivity contribution is -0.125. The SMILES string of the molecule is CNC(=O)C1CCC(NC(=O)N[C@@H](c2ccccc2)C(C)C)CC1. The van der Waals surface area contributed by atoms with Gasteiger partial charge in [-0.25, -0.2) is 4.79 Å². The minimum Gasteiger partial charge on any atom is -0.359 e. The van der Waals surface area contributed by atoms with Crippen molar-refractivity contribution >= 4 is 11.9 Å². The highest BCUT2D eigenvalue weighted by molar-refractivity contribution is 5.78. The highest BCUT2D eigenvalue weighted by atomic mass is 16.2. The maximum atomic E-state index is 12.4. The third kappa shape index (κ3) is 4.98. The predicted octanol–water partition coefficient (Wildman–Crippen LogP) is 2.99. The van der Waals surface area contributed by atoms with E-state index in [2.05, 4.69) is 29.8 Å². The van der Waals surface area contributed by atoms with Gasteiger partial charge in [-0.2, -0.15) is 0 Å². The average Bonchev–Trinajstić information content (AvgIpc) is 2.60. The van der Waals surface area contributed by atoms with E-state index in [4.69, 9.17) is 0 Å². The van der Waals surface area contributed by atoms with E-state index in [1.54, 1.807) is 7.05 Å². The Hall–Kier alpha value is -2.04. The van der Waals surface area contributed by atoms with E-state index in [-0.39, 0.29) is 29.9 Å². The molecule has 0 aliphatic heterocycles. The van der Waals surface area contributed by atoms with Gasteiger partial charge >= 0.3 is 6.03 Å². The first-order valence-corrected chi connectivity index (χ1v) is 8.84. The molecule has 1 aliphatic rings. The number of hydrogen-bond acceptors (Lipinski definition) is 2. The van der Waals surface area contributed by atoms with Crippen LogP contribution < -0.4 is 16.0 Å². The number of benzene rings is 1. The lowest BCUT2D eigenvalue weighted by atomic mass is 9.85. The number of urea groups is 1. The van der Waals surface area contributed by atoms with E-state index < -0.39 is 0 Å². The van der Waals surface area contributed by atoms with Crippen molar-refractivity contribution in [2.75, 3.05) is 7.05 Å². The summed E-state index contributed by atoms with van der Waals surface area (Å²) >= 11 is 0. The molecule has 0 saturated heterocycles. The van der Waals surface area contributed by atoms with Gasteiger partial charge in [0.25, 0.3) is 0 Å². The Morgan fingerprint density at radius 1 is 1.04 bits per heavy atom. The van der Waals surface area contributed by atoms with Crippen LogP contribution in [0, 0.1) is 11.8 Å². The number of carbonyl (C=O) groups excluding carboxylic acids is 2. The summed E-state index contributed by atoms with van der Waals surface area (Å²) in [6.45, 7) is 4.21. The molecular weight excluding hydrogens is 302 g/mol. The molecule has 3 amide bonds. The van der Waals surface area contributed by atoms with Crippen molar-refractivity contribution in [1.29, 1.82) is 0 Å². The van der Waals surface area contributed by atoms with Crippen LogP contribution >= 0.6 is 0 Å². The summed E-state index contributed by atoms with van der Waals surface area (Å²) in [6, 6.07) is 10.1. The molecule has 3 N–H and O–H groups in total. The van der Waals surface area contributed by atoms with Crippen LogP contribution in [0.1, 0.15) is 51.1 Å². The molecule has 0 radical (unpaired) electrons. The van der Waals surface area contributed by atoms with E-state index in [1.165, 1.54) is 0 Å². The zero-order valence-corrected chi connectivity index (χ0v) is 14.8. The van der Waals surface area contributed by atoms with Crippen molar-refractivity contribution in [3.63, 3.8) is 0 Å². The van der Waals surface area contributed by atoms with Crippen molar-refractivity contribution in [1.82, 2.24) is 16.0 Å². The normalized spacial score (nSPS) is 21.8. The second-order valence-corrected chi connectivity index (χ2v) is 6.91. The van der Waals surface area contributed by atoms with Gasteiger partial charge in [0.05, 0.1) is 6.04 Å². The molecule has 1 atom stereocenters. The van der Waals surface area contributed by atoms with Crippen molar-refractivity contribution in [3.8, 4) is 0 Å². The van der Waals surface area contributed by atoms with Gasteiger partial charge in [0.1, 0.15) is 0 Å². The van der Waals surface area contributed by atoms with Gasteiger partial charge in [-0.3, -0.25) is 4.79 Å². The molecule has 5 nitrogen and oxygen atoms in total. The Labute approximate surface area is 144 Å². The Balaban J connectivity index is 1.85. The molecule has 5 heteroatoms. The minimum atomic E-state index is -0.124. The summed E-state index contributed by atoms with van der Waals surface area (Å²) in [6.07, 6.45) is 3.36. The van der Waals surface area contributed by atoms with Crippen LogP contribution in [-0.4, -0.2) is 25.0 Å². The molecule has 132 valence electrons. The van der Waals surface area contributed by atoms with Crippen molar-refractivity contribution in [2.24, 2.45) is 11.8 Å². The van der Waals surface area contributed by atoms with Gasteiger partial charge < -0.3 is 16.0 Å². The molecular formula is C19H29N3O2. The monoisotopic (exact) mass is 331 g/mol. The fourth-order valence-electron chi connectivity index (χ4n) is 3.37. The van der Waals surface area contributed by atoms with Crippen molar-refractivity contribution in [2.45, 2.75) is 51.6 Å². The van der Waals surface area contributed by atoms with E-state index >= 15 is 0 Å². The van der Waals surface area contributed by atoms with E-state index in [0.29, 0.717) is 5.92 Å². The molecule has 1 aromatic rings. The van der Waals surface area contributed by atoms with Gasteiger partial charge in [0, 0.05) is 19.0 Å². The quantitative estimate of drug-likeness (QED) is 0.776. The smallest absolute Gasteiger partial charge is 0.315 e. The number of amides is 3. The van der Waals surface area contributed by atoms with Crippen LogP contribution in [0.3, 0.4) is 0 Å². The summed E-state index contributed by atoms with van der Waals surface area (Å²) in [5.74, 6) is 0.507. The third-order valence-electron chi connectivity index (χ3n) is 4.79. The Morgan fingerprint density at radius 2 is 1.67 bits per heavy atom. The minimum absolute atomic E-state index is 0.00610. The molecule has 0 spiro atoms. The summed E-state index contributed by atoms with van der Waals surface area (Å²) < 4.78 is 0. The molecule has 0 unspecified atom stereocenters. The van der Waals surface area contributed by atoms with Crippen LogP contribution in [0.25, 0.3) is 0 Å². The van der Waals surface area contributed by atoms with Crippen LogP contribution in [0.5, 0.6) is 0 Å². The summed E-state index contributed by atoms with van der Waals surface area (Å²) in [7, 11) is 1.68. The highest BCUT2D eigenvalue weighted by Gasteiger charge is 2.27. The van der Waals surface area contributed by atoms with Gasteiger partial charge in [-0.15, -0.1) is 0 Å². The third-order valence-corrected chi connectivity index (χ3v) is 4.79. The zero-order chi connectivity index (χ0) is 17.5. The molecule has 0 aromatic heterocycles. The standard InChI is InChI=1S/C19H29N3O2/c1-13(2)17(14-7-5-4-6-8-14)22-19(24)21-16-11-9-15(10-12-16)18(23)20-3/h4-8,13,15-17H,9-12H2,1-3H3,(H,20,23)(H2,21,22,24)/t15?,16?,17-/m1/s1. The van der Waals surface area contributed by atoms with Crippen molar-refractivity contribution < 1.29 is 9.59 Å². The maximum absolute atomic E-state index is 12.4. The van der Waals surface area contributed by atoms with Crippen LogP contribution in [0.4, 0.5) is 4.79 Å². The van der Waals surface area contributed by atoms with Gasteiger partial charge in [-0.1, -0.05) is 44.2 Å². The van der Waals surface area contributed by atoms with Gasteiger partial charge in [-0.05, 0) is 37.2 Å². The molecule has 0 bridgehead atoms. The molecule has 1 aromatic carbocycles. The number of nitrogens with one attached hydrogen (secondary N) is 3. The van der Waals surface area contributed by atoms with Gasteiger partial charge in [0.2, 0.25) is 5.91 Å². The van der Waals surface area contributed by atoms with Crippen LogP contribution in [0.2, 0.25) is 0 Å². The van der Waals surface area contributed by atoms with Crippen molar-refractivity contribution in [3.05, 3.63) is 35.9 Å². The summed E-state index contributed by atoms with van der Waals surface area (Å²) in [5.41, 5.74) is 1.12. The lowest BCUT2D eigenvalue weighted by Crippen LogP contribution is -2.46. The summed E-state index contributed by atoms with van der Waals surface area (Å²) in [4.78, 5) is 24.0. The molecule has 1 aliphatic carbocycles. The summed E-state index contributed by atoms with van der Waals surface area (Å²) in [5, 5.41) is 8.87. The Bertz CT molecular complexity index is 537. The molecule has 0 heterocycles. The Morgan fingerprint density at radius 3 is 2.21 bits per heavy atom. The predicted molar refractivity (Wildman–Crippen MR) is 95.5 cm³/mol. The molecule has 1 saturated carbocycles. The van der Waals surface area contributed by atoms with Crippen LogP contribution in [0.15, 0.2) is 30.3 Å². The fraction of sp³-hybridized carbons (Fsp3) is 0.579. The second kappa shape index (κ2) is 8.71. The number of rotatable bonds is 5. The van der Waals surface area contributed by atoms with Gasteiger partial charge in [0.15, 0.2) is 0 Å².